The molecule has 1 aromatic rings. The zero-order chi connectivity index (χ0) is 15.8. The second-order valence-electron chi connectivity index (χ2n) is 4.68. The van der Waals surface area contributed by atoms with Crippen molar-refractivity contribution in [1.82, 2.24) is 5.32 Å². The molecule has 0 aromatic heterocycles. The Kier molecular flexibility index (Phi) is 7.04. The van der Waals surface area contributed by atoms with E-state index in [1.165, 1.54) is 6.07 Å². The van der Waals surface area contributed by atoms with Gasteiger partial charge < -0.3 is 20.9 Å². The lowest BCUT2D eigenvalue weighted by Crippen LogP contribution is -2.44. The molecule has 0 heterocycles. The number of hydrogen-bond donors (Lipinski definition) is 3. The largest absolute Gasteiger partial charge is 0.491 e. The number of carbonyl (C=O) groups excluding carboxylic acids is 1. The number of hydrogen-bond acceptors (Lipinski definition) is 4. The van der Waals surface area contributed by atoms with Gasteiger partial charge in [0.15, 0.2) is 11.6 Å². The minimum atomic E-state index is -1.03. The zero-order valence-corrected chi connectivity index (χ0v) is 11.8. The lowest BCUT2D eigenvalue weighted by atomic mass is 10.1. The maximum absolute atomic E-state index is 12.9. The van der Waals surface area contributed by atoms with E-state index in [9.17, 15) is 18.7 Å². The highest BCUT2D eigenvalue weighted by Crippen LogP contribution is 2.15. The number of nitrogens with one attached hydrogen (secondary N) is 1. The quantitative estimate of drug-likeness (QED) is 0.667. The van der Waals surface area contributed by atoms with Crippen LogP contribution in [0.4, 0.5) is 8.78 Å². The summed E-state index contributed by atoms with van der Waals surface area (Å²) in [6.45, 7) is 1.73. The Labute approximate surface area is 122 Å². The van der Waals surface area contributed by atoms with Crippen molar-refractivity contribution in [2.45, 2.75) is 31.9 Å². The predicted molar refractivity (Wildman–Crippen MR) is 73.8 cm³/mol. The van der Waals surface area contributed by atoms with Crippen LogP contribution in [0.25, 0.3) is 0 Å². The Hall–Kier alpha value is -1.73. The lowest BCUT2D eigenvalue weighted by Gasteiger charge is -2.15. The van der Waals surface area contributed by atoms with Gasteiger partial charge in [0.25, 0.3) is 0 Å². The molecular weight excluding hydrogens is 282 g/mol. The van der Waals surface area contributed by atoms with Crippen LogP contribution in [0.1, 0.15) is 19.8 Å². The van der Waals surface area contributed by atoms with E-state index < -0.39 is 23.8 Å². The van der Waals surface area contributed by atoms with Crippen LogP contribution < -0.4 is 15.8 Å². The van der Waals surface area contributed by atoms with Gasteiger partial charge in [0.1, 0.15) is 18.5 Å². The molecule has 0 saturated heterocycles. The van der Waals surface area contributed by atoms with Crippen molar-refractivity contribution in [3.8, 4) is 5.75 Å². The number of rotatable bonds is 8. The Morgan fingerprint density at radius 3 is 2.76 bits per heavy atom. The fraction of sp³-hybridized carbons (Fsp3) is 0.500. The first-order chi connectivity index (χ1) is 9.93. The van der Waals surface area contributed by atoms with Crippen molar-refractivity contribution in [3.63, 3.8) is 0 Å². The first-order valence-corrected chi connectivity index (χ1v) is 6.73. The number of amides is 1. The van der Waals surface area contributed by atoms with Crippen LogP contribution in [-0.4, -0.2) is 36.3 Å². The van der Waals surface area contributed by atoms with E-state index in [1.54, 1.807) is 0 Å². The summed E-state index contributed by atoms with van der Waals surface area (Å²) in [5.41, 5.74) is 5.61. The van der Waals surface area contributed by atoms with Crippen LogP contribution in [0.2, 0.25) is 0 Å². The topological polar surface area (TPSA) is 84.6 Å². The Bertz CT molecular complexity index is 472. The van der Waals surface area contributed by atoms with Crippen molar-refractivity contribution < 1.29 is 23.4 Å². The predicted octanol–water partition coefficient (Wildman–Crippen LogP) is 0.948. The molecular formula is C14H20F2N2O3. The molecule has 0 aliphatic heterocycles. The number of nitrogens with two attached hydrogens (primary N) is 1. The molecule has 1 rings (SSSR count). The smallest absolute Gasteiger partial charge is 0.237 e. The molecule has 5 nitrogen and oxygen atoms in total. The lowest BCUT2D eigenvalue weighted by molar-refractivity contribution is -0.123. The van der Waals surface area contributed by atoms with Crippen molar-refractivity contribution in [2.75, 3.05) is 13.2 Å². The number of aliphatic hydroxyl groups excluding tert-OH is 1. The first kappa shape index (κ1) is 17.3. The third-order valence-corrected chi connectivity index (χ3v) is 2.78. The summed E-state index contributed by atoms with van der Waals surface area (Å²) >= 11 is 0. The average Bonchev–Trinajstić information content (AvgIpc) is 2.46. The molecule has 2 atom stereocenters. The molecule has 0 radical (unpaired) electrons. The van der Waals surface area contributed by atoms with Crippen LogP contribution in [0.15, 0.2) is 18.2 Å². The normalized spacial score (nSPS) is 13.6. The van der Waals surface area contributed by atoms with Gasteiger partial charge in [0.2, 0.25) is 5.91 Å². The number of carbonyl (C=O) groups is 1. The van der Waals surface area contributed by atoms with E-state index in [-0.39, 0.29) is 24.8 Å². The summed E-state index contributed by atoms with van der Waals surface area (Å²) in [6, 6.07) is 2.47. The molecule has 0 bridgehead atoms. The summed E-state index contributed by atoms with van der Waals surface area (Å²) in [5, 5.41) is 12.1. The zero-order valence-electron chi connectivity index (χ0n) is 11.8. The van der Waals surface area contributed by atoms with Gasteiger partial charge >= 0.3 is 0 Å². The van der Waals surface area contributed by atoms with E-state index in [4.69, 9.17) is 10.5 Å². The number of halogens is 2. The SMILES string of the molecule is CCCC(N)C(=O)NCC(O)COc1ccc(F)c(F)c1. The molecule has 1 amide bonds. The molecule has 2 unspecified atom stereocenters. The second kappa shape index (κ2) is 8.53. The van der Waals surface area contributed by atoms with Crippen LogP contribution in [-0.2, 0) is 4.79 Å². The van der Waals surface area contributed by atoms with Gasteiger partial charge in [0.05, 0.1) is 6.04 Å². The van der Waals surface area contributed by atoms with Crippen LogP contribution >= 0.6 is 0 Å². The molecule has 1 aromatic carbocycles. The van der Waals surface area contributed by atoms with Crippen molar-refractivity contribution in [3.05, 3.63) is 29.8 Å². The summed E-state index contributed by atoms with van der Waals surface area (Å²) in [5.74, 6) is -2.24. The van der Waals surface area contributed by atoms with Gasteiger partial charge in [-0.2, -0.15) is 0 Å². The van der Waals surface area contributed by atoms with Crippen LogP contribution in [0, 0.1) is 11.6 Å². The van der Waals surface area contributed by atoms with Crippen molar-refractivity contribution in [1.29, 1.82) is 0 Å². The summed E-state index contributed by atoms with van der Waals surface area (Å²) in [4.78, 5) is 11.5. The first-order valence-electron chi connectivity index (χ1n) is 6.73. The third-order valence-electron chi connectivity index (χ3n) is 2.78. The fourth-order valence-corrected chi connectivity index (χ4v) is 1.61. The van der Waals surface area contributed by atoms with E-state index in [2.05, 4.69) is 5.32 Å². The van der Waals surface area contributed by atoms with Gasteiger partial charge in [-0.3, -0.25) is 4.79 Å². The van der Waals surface area contributed by atoms with Crippen molar-refractivity contribution >= 4 is 5.91 Å². The fourth-order valence-electron chi connectivity index (χ4n) is 1.61. The minimum absolute atomic E-state index is 0.0279. The Morgan fingerprint density at radius 2 is 2.14 bits per heavy atom. The summed E-state index contributed by atoms with van der Waals surface area (Å²) in [6.07, 6.45) is 0.375. The van der Waals surface area contributed by atoms with Gasteiger partial charge in [-0.25, -0.2) is 8.78 Å². The molecule has 0 aliphatic carbocycles. The highest BCUT2D eigenvalue weighted by Gasteiger charge is 2.14. The van der Waals surface area contributed by atoms with Gasteiger partial charge in [-0.1, -0.05) is 13.3 Å². The molecule has 0 aliphatic rings. The molecule has 0 spiro atoms. The van der Waals surface area contributed by atoms with E-state index >= 15 is 0 Å². The molecule has 118 valence electrons. The van der Waals surface area contributed by atoms with E-state index in [1.807, 2.05) is 6.92 Å². The maximum atomic E-state index is 12.9. The van der Waals surface area contributed by atoms with Crippen LogP contribution in [0.5, 0.6) is 5.75 Å². The second-order valence-corrected chi connectivity index (χ2v) is 4.68. The minimum Gasteiger partial charge on any atom is -0.491 e. The van der Waals surface area contributed by atoms with Gasteiger partial charge in [-0.05, 0) is 18.6 Å². The standard InChI is InChI=1S/C14H20F2N2O3/c1-2-3-13(17)14(20)18-7-9(19)8-21-10-4-5-11(15)12(16)6-10/h4-6,9,13,19H,2-3,7-8,17H2,1H3,(H,18,20). The Balaban J connectivity index is 2.32. The summed E-state index contributed by atoms with van der Waals surface area (Å²) < 4.78 is 30.7. The monoisotopic (exact) mass is 302 g/mol. The van der Waals surface area contributed by atoms with E-state index in [0.29, 0.717) is 6.42 Å². The maximum Gasteiger partial charge on any atom is 0.237 e. The molecule has 21 heavy (non-hydrogen) atoms. The highest BCUT2D eigenvalue weighted by molar-refractivity contribution is 5.81. The van der Waals surface area contributed by atoms with Gasteiger partial charge in [0, 0.05) is 12.6 Å². The molecule has 7 heteroatoms. The van der Waals surface area contributed by atoms with Gasteiger partial charge in [-0.15, -0.1) is 0 Å². The highest BCUT2D eigenvalue weighted by atomic mass is 19.2. The van der Waals surface area contributed by atoms with Crippen molar-refractivity contribution in [2.24, 2.45) is 5.73 Å². The number of ether oxygens (including phenoxy) is 1. The summed E-state index contributed by atoms with van der Waals surface area (Å²) in [7, 11) is 0. The molecule has 0 fully saturated rings. The molecule has 0 saturated carbocycles. The number of aliphatic hydroxyl groups is 1. The Morgan fingerprint density at radius 1 is 1.43 bits per heavy atom. The average molecular weight is 302 g/mol. The molecule has 4 N–H and O–H groups in total. The van der Waals surface area contributed by atoms with E-state index in [0.717, 1.165) is 18.6 Å². The number of benzene rings is 1. The third kappa shape index (κ3) is 6.05. The van der Waals surface area contributed by atoms with Crippen LogP contribution in [0.3, 0.4) is 0 Å².